The summed E-state index contributed by atoms with van der Waals surface area (Å²) >= 11 is 1.53. The molecule has 2 heterocycles. The molecular formula is C17H21N7OS. The van der Waals surface area contributed by atoms with Crippen LogP contribution in [0, 0.1) is 6.92 Å². The predicted molar refractivity (Wildman–Crippen MR) is 99.4 cm³/mol. The van der Waals surface area contributed by atoms with E-state index in [1.54, 1.807) is 4.68 Å². The molecule has 0 bridgehead atoms. The van der Waals surface area contributed by atoms with Gasteiger partial charge in [-0.1, -0.05) is 30.3 Å². The summed E-state index contributed by atoms with van der Waals surface area (Å²) in [6.45, 7) is 4.31. The molecule has 0 saturated heterocycles. The molecule has 1 aromatic carbocycles. The minimum atomic E-state index is -0.322. The van der Waals surface area contributed by atoms with E-state index in [1.807, 2.05) is 44.2 Å². The van der Waals surface area contributed by atoms with E-state index >= 15 is 0 Å². The van der Waals surface area contributed by atoms with Crippen LogP contribution in [0.3, 0.4) is 0 Å². The topological polar surface area (TPSA) is 112 Å². The third-order valence-electron chi connectivity index (χ3n) is 3.66. The summed E-state index contributed by atoms with van der Waals surface area (Å²) in [7, 11) is 0. The van der Waals surface area contributed by atoms with E-state index in [1.165, 1.54) is 11.3 Å². The van der Waals surface area contributed by atoms with Gasteiger partial charge in [-0.25, -0.2) is 9.67 Å². The van der Waals surface area contributed by atoms with Gasteiger partial charge in [-0.2, -0.15) is 5.10 Å². The van der Waals surface area contributed by atoms with Crippen LogP contribution in [0.25, 0.3) is 11.4 Å². The first kappa shape index (κ1) is 18.2. The Bertz CT molecular complexity index is 872. The summed E-state index contributed by atoms with van der Waals surface area (Å²) in [5, 5.41) is 17.2. The molecule has 0 spiro atoms. The van der Waals surface area contributed by atoms with E-state index in [4.69, 9.17) is 5.73 Å². The summed E-state index contributed by atoms with van der Waals surface area (Å²) in [6.07, 6.45) is 0.657. The highest BCUT2D eigenvalue weighted by molar-refractivity contribution is 7.11. The average molecular weight is 371 g/mol. The number of nitrogens with zero attached hydrogens (tertiary/aromatic N) is 5. The average Bonchev–Trinajstić information content (AvgIpc) is 3.22. The van der Waals surface area contributed by atoms with Gasteiger partial charge in [0.25, 0.3) is 0 Å². The molecule has 2 aromatic heterocycles. The number of rotatable bonds is 7. The van der Waals surface area contributed by atoms with Crippen LogP contribution in [0.5, 0.6) is 0 Å². The van der Waals surface area contributed by atoms with Crippen molar-refractivity contribution < 1.29 is 4.79 Å². The Hall–Kier alpha value is -2.65. The number of carbonyl (C=O) groups is 1. The Kier molecular flexibility index (Phi) is 5.69. The standard InChI is InChI=1S/C17H21N7OS/c1-11(18)17-20-16(13-6-4-3-5-7-13)23-24(17)10-14(25)19-9-8-15-22-21-12(2)26-15/h3-7,11H,8-10,18H2,1-2H3,(H,19,25)/t11-/m0/s1. The van der Waals surface area contributed by atoms with Crippen molar-refractivity contribution >= 4 is 17.2 Å². The molecule has 136 valence electrons. The smallest absolute Gasteiger partial charge is 0.241 e. The van der Waals surface area contributed by atoms with Crippen LogP contribution in [0.1, 0.15) is 28.8 Å². The molecule has 0 saturated carbocycles. The predicted octanol–water partition coefficient (Wildman–Crippen LogP) is 1.48. The molecule has 1 atom stereocenters. The van der Waals surface area contributed by atoms with Gasteiger partial charge in [0.2, 0.25) is 5.91 Å². The maximum absolute atomic E-state index is 12.3. The van der Waals surface area contributed by atoms with E-state index in [0.29, 0.717) is 24.6 Å². The lowest BCUT2D eigenvalue weighted by atomic mass is 10.2. The van der Waals surface area contributed by atoms with E-state index in [-0.39, 0.29) is 18.5 Å². The summed E-state index contributed by atoms with van der Waals surface area (Å²) in [5.41, 5.74) is 6.88. The Morgan fingerprint density at radius 3 is 2.73 bits per heavy atom. The first-order valence-corrected chi connectivity index (χ1v) is 9.16. The highest BCUT2D eigenvalue weighted by Crippen LogP contribution is 2.17. The van der Waals surface area contributed by atoms with Crippen LogP contribution in [-0.2, 0) is 17.8 Å². The van der Waals surface area contributed by atoms with Crippen molar-refractivity contribution in [2.45, 2.75) is 32.9 Å². The van der Waals surface area contributed by atoms with Crippen molar-refractivity contribution in [3.8, 4) is 11.4 Å². The molecule has 0 fully saturated rings. The van der Waals surface area contributed by atoms with Gasteiger partial charge in [-0.3, -0.25) is 4.79 Å². The lowest BCUT2D eigenvalue weighted by Crippen LogP contribution is -2.31. The number of aryl methyl sites for hydroxylation is 1. The van der Waals surface area contributed by atoms with Crippen molar-refractivity contribution in [3.63, 3.8) is 0 Å². The summed E-state index contributed by atoms with van der Waals surface area (Å²) in [5.74, 6) is 1.01. The third kappa shape index (κ3) is 4.50. The van der Waals surface area contributed by atoms with Crippen molar-refractivity contribution in [1.82, 2.24) is 30.3 Å². The molecule has 0 aliphatic heterocycles. The lowest BCUT2D eigenvalue weighted by molar-refractivity contribution is -0.121. The van der Waals surface area contributed by atoms with Crippen molar-refractivity contribution in [3.05, 3.63) is 46.2 Å². The molecule has 9 heteroatoms. The van der Waals surface area contributed by atoms with E-state index in [0.717, 1.165) is 15.6 Å². The van der Waals surface area contributed by atoms with Crippen molar-refractivity contribution in [2.24, 2.45) is 5.73 Å². The molecule has 3 aromatic rings. The zero-order valence-corrected chi connectivity index (χ0v) is 15.5. The summed E-state index contributed by atoms with van der Waals surface area (Å²) in [6, 6.07) is 9.30. The second-order valence-corrected chi connectivity index (χ2v) is 7.19. The molecule has 0 radical (unpaired) electrons. The normalized spacial score (nSPS) is 12.1. The molecule has 8 nitrogen and oxygen atoms in total. The van der Waals surface area contributed by atoms with Crippen molar-refractivity contribution in [2.75, 3.05) is 6.54 Å². The number of nitrogens with two attached hydrogens (primary N) is 1. The van der Waals surface area contributed by atoms with Gasteiger partial charge in [-0.15, -0.1) is 21.5 Å². The first-order chi connectivity index (χ1) is 12.5. The van der Waals surface area contributed by atoms with E-state index in [2.05, 4.69) is 25.6 Å². The van der Waals surface area contributed by atoms with Crippen LogP contribution < -0.4 is 11.1 Å². The molecule has 3 rings (SSSR count). The molecule has 0 aliphatic rings. The monoisotopic (exact) mass is 371 g/mol. The molecular weight excluding hydrogens is 350 g/mol. The largest absolute Gasteiger partial charge is 0.354 e. The minimum absolute atomic E-state index is 0.0753. The Labute approximate surface area is 155 Å². The quantitative estimate of drug-likeness (QED) is 0.651. The number of hydrogen-bond acceptors (Lipinski definition) is 7. The number of benzene rings is 1. The van der Waals surface area contributed by atoms with Crippen LogP contribution in [0.15, 0.2) is 30.3 Å². The van der Waals surface area contributed by atoms with Gasteiger partial charge in [0.05, 0.1) is 6.04 Å². The van der Waals surface area contributed by atoms with E-state index in [9.17, 15) is 4.79 Å². The lowest BCUT2D eigenvalue weighted by Gasteiger charge is -2.08. The number of aromatic nitrogens is 5. The van der Waals surface area contributed by atoms with Gasteiger partial charge in [0, 0.05) is 18.5 Å². The first-order valence-electron chi connectivity index (χ1n) is 8.34. The van der Waals surface area contributed by atoms with Gasteiger partial charge >= 0.3 is 0 Å². The zero-order valence-electron chi connectivity index (χ0n) is 14.7. The highest BCUT2D eigenvalue weighted by atomic mass is 32.1. The summed E-state index contributed by atoms with van der Waals surface area (Å²) in [4.78, 5) is 16.7. The summed E-state index contributed by atoms with van der Waals surface area (Å²) < 4.78 is 1.57. The number of amides is 1. The Balaban J connectivity index is 1.64. The van der Waals surface area contributed by atoms with Crippen LogP contribution in [-0.4, -0.2) is 37.4 Å². The minimum Gasteiger partial charge on any atom is -0.354 e. The van der Waals surface area contributed by atoms with Crippen LogP contribution >= 0.6 is 11.3 Å². The third-order valence-corrected chi connectivity index (χ3v) is 4.56. The van der Waals surface area contributed by atoms with Gasteiger partial charge in [0.1, 0.15) is 22.4 Å². The second kappa shape index (κ2) is 8.15. The highest BCUT2D eigenvalue weighted by Gasteiger charge is 2.16. The maximum atomic E-state index is 12.3. The van der Waals surface area contributed by atoms with Gasteiger partial charge in [0.15, 0.2) is 5.82 Å². The molecule has 1 amide bonds. The van der Waals surface area contributed by atoms with Crippen LogP contribution in [0.2, 0.25) is 0 Å². The van der Waals surface area contributed by atoms with Crippen LogP contribution in [0.4, 0.5) is 0 Å². The Morgan fingerprint density at radius 1 is 1.31 bits per heavy atom. The molecule has 3 N–H and O–H groups in total. The molecule has 26 heavy (non-hydrogen) atoms. The SMILES string of the molecule is Cc1nnc(CCNC(=O)Cn2nc(-c3ccccc3)nc2[C@H](C)N)s1. The number of hydrogen-bond donors (Lipinski definition) is 2. The molecule has 0 unspecified atom stereocenters. The fraction of sp³-hybridized carbons (Fsp3) is 0.353. The fourth-order valence-corrected chi connectivity index (χ4v) is 3.16. The Morgan fingerprint density at radius 2 is 2.08 bits per heavy atom. The second-order valence-electron chi connectivity index (χ2n) is 5.92. The number of carbonyl (C=O) groups excluding carboxylic acids is 1. The van der Waals surface area contributed by atoms with Gasteiger partial charge in [-0.05, 0) is 13.8 Å². The van der Waals surface area contributed by atoms with E-state index < -0.39 is 0 Å². The van der Waals surface area contributed by atoms with Crippen molar-refractivity contribution in [1.29, 1.82) is 0 Å². The molecule has 0 aliphatic carbocycles. The number of nitrogens with one attached hydrogen (secondary N) is 1. The van der Waals surface area contributed by atoms with Gasteiger partial charge < -0.3 is 11.1 Å². The zero-order chi connectivity index (χ0) is 18.5. The fourth-order valence-electron chi connectivity index (χ4n) is 2.46. The maximum Gasteiger partial charge on any atom is 0.241 e.